The summed E-state index contributed by atoms with van der Waals surface area (Å²) >= 11 is 0. The fourth-order valence-corrected chi connectivity index (χ4v) is 1.80. The predicted molar refractivity (Wildman–Crippen MR) is 77.8 cm³/mol. The van der Waals surface area contributed by atoms with Crippen LogP contribution in [0.3, 0.4) is 0 Å². The van der Waals surface area contributed by atoms with E-state index < -0.39 is 5.82 Å². The van der Waals surface area contributed by atoms with Gasteiger partial charge in [0.05, 0.1) is 24.8 Å². The largest absolute Gasteiger partial charge is 0.491 e. The maximum atomic E-state index is 13.6. The SMILES string of the molecule is CCOc1cc(Oc2ccc(CC#N)cc2)c(N)cc1F. The van der Waals surface area contributed by atoms with Crippen molar-refractivity contribution in [3.8, 4) is 23.3 Å². The lowest BCUT2D eigenvalue weighted by Crippen LogP contribution is -1.99. The van der Waals surface area contributed by atoms with Gasteiger partial charge in [-0.05, 0) is 24.6 Å². The molecule has 0 saturated heterocycles. The van der Waals surface area contributed by atoms with Crippen LogP contribution in [0.25, 0.3) is 0 Å². The smallest absolute Gasteiger partial charge is 0.167 e. The zero-order valence-corrected chi connectivity index (χ0v) is 11.6. The minimum Gasteiger partial charge on any atom is -0.491 e. The first-order valence-corrected chi connectivity index (χ1v) is 6.49. The Balaban J connectivity index is 2.22. The number of ether oxygens (including phenoxy) is 2. The molecule has 5 heteroatoms. The van der Waals surface area contributed by atoms with E-state index >= 15 is 0 Å². The molecule has 0 amide bonds. The van der Waals surface area contributed by atoms with Crippen LogP contribution in [0.5, 0.6) is 17.2 Å². The second-order valence-electron chi connectivity index (χ2n) is 4.33. The molecule has 0 aliphatic heterocycles. The van der Waals surface area contributed by atoms with E-state index in [-0.39, 0.29) is 11.4 Å². The molecule has 0 heterocycles. The molecule has 2 aromatic rings. The van der Waals surface area contributed by atoms with Crippen LogP contribution < -0.4 is 15.2 Å². The molecule has 0 saturated carbocycles. The van der Waals surface area contributed by atoms with Crippen LogP contribution in [-0.2, 0) is 6.42 Å². The number of halogens is 1. The van der Waals surface area contributed by atoms with Gasteiger partial charge in [-0.2, -0.15) is 5.26 Å². The molecule has 2 aromatic carbocycles. The Kier molecular flexibility index (Phi) is 4.62. The van der Waals surface area contributed by atoms with Crippen molar-refractivity contribution in [2.24, 2.45) is 0 Å². The van der Waals surface area contributed by atoms with Crippen molar-refractivity contribution in [1.82, 2.24) is 0 Å². The molecular weight excluding hydrogens is 271 g/mol. The van der Waals surface area contributed by atoms with Crippen molar-refractivity contribution in [3.05, 3.63) is 47.8 Å². The average Bonchev–Trinajstić information content (AvgIpc) is 2.46. The first-order valence-electron chi connectivity index (χ1n) is 6.49. The quantitative estimate of drug-likeness (QED) is 0.851. The summed E-state index contributed by atoms with van der Waals surface area (Å²) in [4.78, 5) is 0. The number of hydrogen-bond acceptors (Lipinski definition) is 4. The third kappa shape index (κ3) is 3.63. The summed E-state index contributed by atoms with van der Waals surface area (Å²) in [7, 11) is 0. The first-order chi connectivity index (χ1) is 10.1. The van der Waals surface area contributed by atoms with Gasteiger partial charge in [0, 0.05) is 12.1 Å². The molecular formula is C16H15FN2O2. The molecule has 21 heavy (non-hydrogen) atoms. The maximum Gasteiger partial charge on any atom is 0.167 e. The highest BCUT2D eigenvalue weighted by molar-refractivity contribution is 5.57. The van der Waals surface area contributed by atoms with Gasteiger partial charge in [-0.25, -0.2) is 4.39 Å². The summed E-state index contributed by atoms with van der Waals surface area (Å²) in [5.41, 5.74) is 6.84. The highest BCUT2D eigenvalue weighted by atomic mass is 19.1. The van der Waals surface area contributed by atoms with Gasteiger partial charge < -0.3 is 15.2 Å². The highest BCUT2D eigenvalue weighted by Gasteiger charge is 2.10. The van der Waals surface area contributed by atoms with E-state index in [2.05, 4.69) is 6.07 Å². The van der Waals surface area contributed by atoms with E-state index in [4.69, 9.17) is 20.5 Å². The van der Waals surface area contributed by atoms with Crippen molar-refractivity contribution < 1.29 is 13.9 Å². The normalized spacial score (nSPS) is 9.95. The molecule has 108 valence electrons. The van der Waals surface area contributed by atoms with Crippen molar-refractivity contribution >= 4 is 5.69 Å². The molecule has 0 unspecified atom stereocenters. The van der Waals surface area contributed by atoms with E-state index in [1.54, 1.807) is 31.2 Å². The van der Waals surface area contributed by atoms with Crippen LogP contribution in [0.2, 0.25) is 0 Å². The first kappa shape index (κ1) is 14.7. The second kappa shape index (κ2) is 6.62. The topological polar surface area (TPSA) is 68.3 Å². The third-order valence-corrected chi connectivity index (χ3v) is 2.80. The number of rotatable bonds is 5. The van der Waals surface area contributed by atoms with Crippen molar-refractivity contribution in [3.63, 3.8) is 0 Å². The van der Waals surface area contributed by atoms with Gasteiger partial charge in [-0.1, -0.05) is 12.1 Å². The number of anilines is 1. The summed E-state index contributed by atoms with van der Waals surface area (Å²) in [6, 6.07) is 11.7. The Hall–Kier alpha value is -2.74. The van der Waals surface area contributed by atoms with E-state index in [1.807, 2.05) is 0 Å². The Bertz CT molecular complexity index is 663. The van der Waals surface area contributed by atoms with Crippen molar-refractivity contribution in [2.45, 2.75) is 13.3 Å². The lowest BCUT2D eigenvalue weighted by Gasteiger charge is -2.12. The summed E-state index contributed by atoms with van der Waals surface area (Å²) < 4.78 is 24.4. The standard InChI is InChI=1S/C16H15FN2O2/c1-2-20-15-10-16(14(19)9-13(15)17)21-12-5-3-11(4-6-12)7-8-18/h3-6,9-10H,2,7,19H2,1H3. The third-order valence-electron chi connectivity index (χ3n) is 2.80. The summed E-state index contributed by atoms with van der Waals surface area (Å²) in [5.74, 6) is 0.458. The number of nitrogens with two attached hydrogens (primary N) is 1. The number of nitriles is 1. The van der Waals surface area contributed by atoms with Crippen LogP contribution in [0.15, 0.2) is 36.4 Å². The van der Waals surface area contributed by atoms with Crippen LogP contribution in [0.1, 0.15) is 12.5 Å². The Labute approximate surface area is 122 Å². The Morgan fingerprint density at radius 3 is 2.52 bits per heavy atom. The zero-order valence-electron chi connectivity index (χ0n) is 11.6. The highest BCUT2D eigenvalue weighted by Crippen LogP contribution is 2.33. The van der Waals surface area contributed by atoms with Gasteiger partial charge in [-0.3, -0.25) is 0 Å². The Morgan fingerprint density at radius 1 is 1.19 bits per heavy atom. The van der Waals surface area contributed by atoms with Crippen LogP contribution in [0.4, 0.5) is 10.1 Å². The summed E-state index contributed by atoms with van der Waals surface area (Å²) in [6.45, 7) is 2.12. The van der Waals surface area contributed by atoms with Crippen molar-refractivity contribution in [2.75, 3.05) is 12.3 Å². The van der Waals surface area contributed by atoms with Crippen LogP contribution in [-0.4, -0.2) is 6.61 Å². The molecule has 0 fully saturated rings. The zero-order chi connectivity index (χ0) is 15.2. The van der Waals surface area contributed by atoms with Crippen LogP contribution in [0, 0.1) is 17.1 Å². The van der Waals surface area contributed by atoms with Gasteiger partial charge in [0.1, 0.15) is 5.75 Å². The fourth-order valence-electron chi connectivity index (χ4n) is 1.80. The number of nitrogens with zero attached hydrogens (tertiary/aromatic N) is 1. The fraction of sp³-hybridized carbons (Fsp3) is 0.188. The van der Waals surface area contributed by atoms with Gasteiger partial charge in [0.15, 0.2) is 17.3 Å². The molecule has 0 atom stereocenters. The number of hydrogen-bond donors (Lipinski definition) is 1. The van der Waals surface area contributed by atoms with E-state index in [0.29, 0.717) is 24.5 Å². The molecule has 2 rings (SSSR count). The van der Waals surface area contributed by atoms with Crippen molar-refractivity contribution in [1.29, 1.82) is 5.26 Å². The van der Waals surface area contributed by atoms with Gasteiger partial charge in [-0.15, -0.1) is 0 Å². The average molecular weight is 286 g/mol. The lowest BCUT2D eigenvalue weighted by atomic mass is 10.2. The van der Waals surface area contributed by atoms with E-state index in [9.17, 15) is 4.39 Å². The molecule has 0 aliphatic rings. The minimum atomic E-state index is -0.522. The van der Waals surface area contributed by atoms with Gasteiger partial charge >= 0.3 is 0 Å². The molecule has 0 aliphatic carbocycles. The van der Waals surface area contributed by atoms with Gasteiger partial charge in [0.25, 0.3) is 0 Å². The Morgan fingerprint density at radius 2 is 1.90 bits per heavy atom. The summed E-state index contributed by atoms with van der Waals surface area (Å²) in [5, 5.41) is 8.62. The minimum absolute atomic E-state index is 0.0998. The van der Waals surface area contributed by atoms with Gasteiger partial charge in [0.2, 0.25) is 0 Å². The monoisotopic (exact) mass is 286 g/mol. The number of benzene rings is 2. The molecule has 0 bridgehead atoms. The van der Waals surface area contributed by atoms with Crippen LogP contribution >= 0.6 is 0 Å². The number of nitrogen functional groups attached to an aromatic ring is 1. The lowest BCUT2D eigenvalue weighted by molar-refractivity contribution is 0.319. The summed E-state index contributed by atoms with van der Waals surface area (Å²) in [6.07, 6.45) is 0.341. The molecule has 0 spiro atoms. The molecule has 0 radical (unpaired) electrons. The predicted octanol–water partition coefficient (Wildman–Crippen LogP) is 3.66. The van der Waals surface area contributed by atoms with E-state index in [0.717, 1.165) is 5.56 Å². The maximum absolute atomic E-state index is 13.6. The molecule has 0 aromatic heterocycles. The second-order valence-corrected chi connectivity index (χ2v) is 4.33. The molecule has 4 nitrogen and oxygen atoms in total. The van der Waals surface area contributed by atoms with E-state index in [1.165, 1.54) is 12.1 Å². The molecule has 2 N–H and O–H groups in total.